The van der Waals surface area contributed by atoms with Crippen LogP contribution in [0.4, 0.5) is 11.4 Å². The predicted octanol–water partition coefficient (Wildman–Crippen LogP) is 4.07. The Labute approximate surface area is 157 Å². The van der Waals surface area contributed by atoms with Gasteiger partial charge in [0.1, 0.15) is 0 Å². The fraction of sp³-hybridized carbons (Fsp3) is 0.190. The van der Waals surface area contributed by atoms with Crippen LogP contribution < -0.4 is 10.5 Å². The molecule has 1 aromatic heterocycles. The number of nitrogens with zero attached hydrogens (tertiary/aromatic N) is 3. The molecule has 0 atom stereocenters. The molecule has 0 bridgehead atoms. The number of hydrogen-bond donors (Lipinski definition) is 0. The third kappa shape index (κ3) is 3.26. The first kappa shape index (κ1) is 16.9. The van der Waals surface area contributed by atoms with E-state index in [0.717, 1.165) is 41.7 Å². The van der Waals surface area contributed by atoms with Crippen LogP contribution in [-0.2, 0) is 6.54 Å². The molecule has 0 unspecified atom stereocenters. The van der Waals surface area contributed by atoms with E-state index in [1.165, 1.54) is 5.56 Å². The zero-order chi connectivity index (χ0) is 18.1. The largest absolute Gasteiger partial charge is 0.340 e. The average molecular weight is 366 g/mol. The lowest BCUT2D eigenvalue weighted by atomic mass is 10.1. The minimum absolute atomic E-state index is 0.0313. The van der Waals surface area contributed by atoms with Crippen LogP contribution in [0.15, 0.2) is 71.7 Å². The summed E-state index contributed by atoms with van der Waals surface area (Å²) < 4.78 is 1.68. The summed E-state index contributed by atoms with van der Waals surface area (Å²) >= 11 is 6.06. The number of fused-ring (bicyclic) bond motifs is 1. The number of aromatic nitrogens is 1. The predicted molar refractivity (Wildman–Crippen MR) is 107 cm³/mol. The highest BCUT2D eigenvalue weighted by molar-refractivity contribution is 6.30. The van der Waals surface area contributed by atoms with Crippen LogP contribution in [0, 0.1) is 0 Å². The van der Waals surface area contributed by atoms with Crippen molar-refractivity contribution in [1.82, 2.24) is 9.47 Å². The van der Waals surface area contributed by atoms with Crippen molar-refractivity contribution in [3.05, 3.63) is 87.8 Å². The van der Waals surface area contributed by atoms with E-state index >= 15 is 0 Å². The summed E-state index contributed by atoms with van der Waals surface area (Å²) in [5, 5.41) is 0.727. The third-order valence-electron chi connectivity index (χ3n) is 4.74. The van der Waals surface area contributed by atoms with E-state index in [-0.39, 0.29) is 5.56 Å². The second-order valence-electron chi connectivity index (χ2n) is 6.59. The van der Waals surface area contributed by atoms with Gasteiger partial charge in [0.05, 0.1) is 5.69 Å². The Morgan fingerprint density at radius 2 is 1.69 bits per heavy atom. The summed E-state index contributed by atoms with van der Waals surface area (Å²) in [7, 11) is 2.13. The van der Waals surface area contributed by atoms with Gasteiger partial charge >= 0.3 is 0 Å². The first-order chi connectivity index (χ1) is 12.6. The van der Waals surface area contributed by atoms with E-state index < -0.39 is 0 Å². The molecule has 1 aliphatic heterocycles. The Morgan fingerprint density at radius 1 is 0.923 bits per heavy atom. The Balaban J connectivity index is 1.85. The Kier molecular flexibility index (Phi) is 4.53. The molecular weight excluding hydrogens is 346 g/mol. The van der Waals surface area contributed by atoms with Crippen LogP contribution in [0.1, 0.15) is 5.56 Å². The van der Waals surface area contributed by atoms with Crippen molar-refractivity contribution in [2.75, 3.05) is 25.0 Å². The minimum atomic E-state index is -0.0313. The summed E-state index contributed by atoms with van der Waals surface area (Å²) in [6.07, 6.45) is 1.81. The summed E-state index contributed by atoms with van der Waals surface area (Å²) in [4.78, 5) is 16.8. The molecule has 4 rings (SSSR count). The number of rotatable bonds is 2. The fourth-order valence-corrected chi connectivity index (χ4v) is 3.50. The number of pyridine rings is 1. The maximum atomic E-state index is 12.2. The van der Waals surface area contributed by atoms with E-state index in [2.05, 4.69) is 29.0 Å². The number of halogens is 1. The molecule has 0 N–H and O–H groups in total. The number of benzene rings is 2. The van der Waals surface area contributed by atoms with Crippen molar-refractivity contribution in [2.45, 2.75) is 6.54 Å². The normalized spacial score (nSPS) is 14.8. The van der Waals surface area contributed by atoms with Gasteiger partial charge in [-0.1, -0.05) is 23.7 Å². The lowest BCUT2D eigenvalue weighted by Crippen LogP contribution is -2.26. The van der Waals surface area contributed by atoms with Crippen LogP contribution in [-0.4, -0.2) is 29.6 Å². The summed E-state index contributed by atoms with van der Waals surface area (Å²) in [5.74, 6) is 0. The highest BCUT2D eigenvalue weighted by Gasteiger charge is 2.20. The zero-order valence-electron chi connectivity index (χ0n) is 14.6. The van der Waals surface area contributed by atoms with Gasteiger partial charge in [-0.15, -0.1) is 0 Å². The van der Waals surface area contributed by atoms with Gasteiger partial charge in [0.25, 0.3) is 5.56 Å². The molecule has 0 amide bonds. The van der Waals surface area contributed by atoms with Gasteiger partial charge in [-0.05, 0) is 55.1 Å². The molecule has 5 heteroatoms. The van der Waals surface area contributed by atoms with Crippen molar-refractivity contribution < 1.29 is 0 Å². The lowest BCUT2D eigenvalue weighted by molar-refractivity contribution is 0.343. The van der Waals surface area contributed by atoms with Gasteiger partial charge in [0, 0.05) is 48.3 Å². The Bertz CT molecular complexity index is 981. The van der Waals surface area contributed by atoms with Gasteiger partial charge in [-0.3, -0.25) is 9.36 Å². The average Bonchev–Trinajstić information content (AvgIpc) is 2.81. The highest BCUT2D eigenvalue weighted by atomic mass is 35.5. The van der Waals surface area contributed by atoms with Gasteiger partial charge in [-0.2, -0.15) is 0 Å². The molecule has 0 aliphatic carbocycles. The SMILES string of the molecule is CN1CCN(c2ccc(Cl)cc2)c2cc(-n3ccccc3=O)ccc2C1. The molecule has 1 aliphatic rings. The smallest absolute Gasteiger partial charge is 0.255 e. The highest BCUT2D eigenvalue weighted by Crippen LogP contribution is 2.33. The first-order valence-electron chi connectivity index (χ1n) is 8.64. The zero-order valence-corrected chi connectivity index (χ0v) is 15.4. The quantitative estimate of drug-likeness (QED) is 0.685. The molecule has 26 heavy (non-hydrogen) atoms. The van der Waals surface area contributed by atoms with Gasteiger partial charge in [0.15, 0.2) is 0 Å². The maximum Gasteiger partial charge on any atom is 0.255 e. The Morgan fingerprint density at radius 3 is 2.46 bits per heavy atom. The van der Waals surface area contributed by atoms with Crippen LogP contribution >= 0.6 is 11.6 Å². The van der Waals surface area contributed by atoms with Crippen LogP contribution in [0.2, 0.25) is 5.02 Å². The molecule has 0 saturated carbocycles. The van der Waals surface area contributed by atoms with Crippen LogP contribution in [0.5, 0.6) is 0 Å². The minimum Gasteiger partial charge on any atom is -0.340 e. The monoisotopic (exact) mass is 365 g/mol. The second kappa shape index (κ2) is 6.98. The standard InChI is InChI=1S/C21H20ClN3O/c1-23-12-13-24(18-9-6-17(22)7-10-18)20-14-19(8-5-16(20)15-23)25-11-3-2-4-21(25)26/h2-11,14H,12-13,15H2,1H3. The van der Waals surface area contributed by atoms with Crippen molar-refractivity contribution in [3.63, 3.8) is 0 Å². The topological polar surface area (TPSA) is 28.5 Å². The molecule has 0 fully saturated rings. The molecule has 3 aromatic rings. The molecule has 0 saturated heterocycles. The van der Waals surface area contributed by atoms with E-state index in [1.807, 2.05) is 36.4 Å². The number of hydrogen-bond acceptors (Lipinski definition) is 3. The lowest BCUT2D eigenvalue weighted by Gasteiger charge is -2.25. The van der Waals surface area contributed by atoms with Crippen molar-refractivity contribution in [3.8, 4) is 5.69 Å². The Hall–Kier alpha value is -2.56. The van der Waals surface area contributed by atoms with Gasteiger partial charge in [0.2, 0.25) is 0 Å². The molecule has 2 aromatic carbocycles. The molecule has 0 spiro atoms. The first-order valence-corrected chi connectivity index (χ1v) is 9.02. The van der Waals surface area contributed by atoms with Crippen molar-refractivity contribution >= 4 is 23.0 Å². The molecular formula is C21H20ClN3O. The van der Waals surface area contributed by atoms with Gasteiger partial charge in [-0.25, -0.2) is 0 Å². The molecule has 0 radical (unpaired) electrons. The maximum absolute atomic E-state index is 12.2. The van der Waals surface area contributed by atoms with E-state index in [4.69, 9.17) is 11.6 Å². The second-order valence-corrected chi connectivity index (χ2v) is 7.02. The van der Waals surface area contributed by atoms with E-state index in [0.29, 0.717) is 0 Å². The van der Waals surface area contributed by atoms with Crippen molar-refractivity contribution in [1.29, 1.82) is 0 Å². The number of likely N-dealkylation sites (N-methyl/N-ethyl adjacent to an activating group) is 1. The van der Waals surface area contributed by atoms with Crippen LogP contribution in [0.3, 0.4) is 0 Å². The van der Waals surface area contributed by atoms with E-state index in [1.54, 1.807) is 22.9 Å². The summed E-state index contributed by atoms with van der Waals surface area (Å²) in [6, 6.07) is 19.4. The third-order valence-corrected chi connectivity index (χ3v) is 5.00. The summed E-state index contributed by atoms with van der Waals surface area (Å²) in [6.45, 7) is 2.71. The van der Waals surface area contributed by atoms with E-state index in [9.17, 15) is 4.79 Å². The molecule has 2 heterocycles. The summed E-state index contributed by atoms with van der Waals surface area (Å²) in [5.41, 5.74) is 4.32. The number of anilines is 2. The van der Waals surface area contributed by atoms with Crippen LogP contribution in [0.25, 0.3) is 5.69 Å². The molecule has 4 nitrogen and oxygen atoms in total. The van der Waals surface area contributed by atoms with Gasteiger partial charge < -0.3 is 9.80 Å². The molecule has 132 valence electrons. The van der Waals surface area contributed by atoms with Crippen molar-refractivity contribution in [2.24, 2.45) is 0 Å². The fourth-order valence-electron chi connectivity index (χ4n) is 3.38.